The molecule has 0 bridgehead atoms. The SMILES string of the molecule is C=CC(=O)N1CCN(c2nc(OC[C@@H]3CCCN3C)nc3c2CN(C(=O)c2c(C)ccc4[nH]ncc24)C3)C[C@@H]1CC#N.C=CC(=O)N1CCN(c2nc(OC[C@@H]3CCCN3C)nc3c2CN(C2c4ccccc4-c4ccccc42)C3)C[C@@H]1CC#N.[C-]#[N+]C[C@H]1CN(c2nc(OC[C@@H]3CCCN3C)nc3c2CN(Cc2c(O)ccc4ccccc24)C3)CCN1C(=O)C=C. The zero-order chi connectivity index (χ0) is 88.1. The van der Waals surface area contributed by atoms with Gasteiger partial charge in [-0.3, -0.25) is 34.1 Å². The minimum atomic E-state index is -0.308. The summed E-state index contributed by atoms with van der Waals surface area (Å²) in [5.41, 5.74) is 14.1. The van der Waals surface area contributed by atoms with E-state index in [-0.39, 0.29) is 78.9 Å². The van der Waals surface area contributed by atoms with E-state index in [9.17, 15) is 34.8 Å². The second-order valence-corrected chi connectivity index (χ2v) is 34.8. The summed E-state index contributed by atoms with van der Waals surface area (Å²) in [6, 6.07) is 38.9. The van der Waals surface area contributed by atoms with Crippen LogP contribution < -0.4 is 28.9 Å². The minimum absolute atomic E-state index is 0.0951. The van der Waals surface area contributed by atoms with Gasteiger partial charge in [-0.2, -0.15) is 45.5 Å². The summed E-state index contributed by atoms with van der Waals surface area (Å²) in [7, 11) is 6.37. The number of carbonyl (C=O) groups is 4. The van der Waals surface area contributed by atoms with E-state index in [2.05, 4.69) is 162 Å². The zero-order valence-corrected chi connectivity index (χ0v) is 72.8. The van der Waals surface area contributed by atoms with Crippen molar-refractivity contribution < 1.29 is 38.5 Å². The molecule has 10 aliphatic rings. The molecule has 0 radical (unpaired) electrons. The first-order valence-corrected chi connectivity index (χ1v) is 44.2. The molecule has 0 spiro atoms. The van der Waals surface area contributed by atoms with E-state index in [1.807, 2.05) is 43.3 Å². The third-order valence-electron chi connectivity index (χ3n) is 27.1. The lowest BCUT2D eigenvalue weighted by atomic mass is 10.0. The lowest BCUT2D eigenvalue weighted by Crippen LogP contribution is -2.56. The van der Waals surface area contributed by atoms with Crippen LogP contribution in [-0.2, 0) is 60.2 Å². The van der Waals surface area contributed by atoms with Crippen LogP contribution in [0.3, 0.4) is 0 Å². The number of aromatic hydroxyl groups is 1. The third kappa shape index (κ3) is 17.9. The van der Waals surface area contributed by atoms with Gasteiger partial charge in [0, 0.05) is 137 Å². The molecular weight excluding hydrogens is 1600 g/mol. The number of aryl methyl sites for hydroxylation is 1. The van der Waals surface area contributed by atoms with Crippen molar-refractivity contribution in [2.24, 2.45) is 0 Å². The lowest BCUT2D eigenvalue weighted by molar-refractivity contribution is -0.129. The number of hydrogen-bond donors (Lipinski definition) is 2. The Bertz CT molecular complexity index is 5780. The molecule has 6 saturated heterocycles. The summed E-state index contributed by atoms with van der Waals surface area (Å²) in [6.07, 6.45) is 12.8. The van der Waals surface area contributed by atoms with E-state index in [1.165, 1.54) is 46.9 Å². The Kier molecular flexibility index (Phi) is 25.8. The molecule has 6 atom stereocenters. The molecule has 9 aliphatic heterocycles. The Morgan fingerprint density at radius 2 is 1.01 bits per heavy atom. The van der Waals surface area contributed by atoms with E-state index in [4.69, 9.17) is 50.7 Å². The molecule has 9 aromatic rings. The summed E-state index contributed by atoms with van der Waals surface area (Å²) in [5, 5.41) is 39.9. The molecule has 2 N–H and O–H groups in total. The van der Waals surface area contributed by atoms with Gasteiger partial charge in [-0.1, -0.05) is 105 Å². The van der Waals surface area contributed by atoms with Crippen LogP contribution in [0.15, 0.2) is 141 Å². The van der Waals surface area contributed by atoms with Gasteiger partial charge in [-0.15, -0.1) is 0 Å². The number of ether oxygens (including phenoxy) is 3. The van der Waals surface area contributed by atoms with Crippen molar-refractivity contribution in [1.29, 1.82) is 10.5 Å². The first kappa shape index (κ1) is 86.2. The van der Waals surface area contributed by atoms with Gasteiger partial charge in [0.1, 0.15) is 49.1 Å². The number of benzene rings is 5. The summed E-state index contributed by atoms with van der Waals surface area (Å²) >= 11 is 0. The van der Waals surface area contributed by atoms with Gasteiger partial charge in [0.2, 0.25) is 24.3 Å². The molecule has 127 heavy (non-hydrogen) atoms. The van der Waals surface area contributed by atoms with Crippen molar-refractivity contribution in [3.63, 3.8) is 0 Å². The summed E-state index contributed by atoms with van der Waals surface area (Å²) in [4.78, 5) is 110. The molecule has 4 amide bonds. The number of rotatable bonds is 22. The van der Waals surface area contributed by atoms with E-state index < -0.39 is 0 Å². The second-order valence-electron chi connectivity index (χ2n) is 34.8. The van der Waals surface area contributed by atoms with Crippen LogP contribution in [0.5, 0.6) is 23.8 Å². The number of aromatic amines is 1. The van der Waals surface area contributed by atoms with Gasteiger partial charge in [0.15, 0.2) is 0 Å². The molecule has 19 rings (SSSR count). The Hall–Kier alpha value is -13.0. The highest BCUT2D eigenvalue weighted by atomic mass is 16.5. The van der Waals surface area contributed by atoms with Gasteiger partial charge >= 0.3 is 18.0 Å². The fraction of sp³-hybridized carbons (Fsp3) is 0.438. The van der Waals surface area contributed by atoms with E-state index in [0.29, 0.717) is 166 Å². The predicted molar refractivity (Wildman–Crippen MR) is 481 cm³/mol. The highest BCUT2D eigenvalue weighted by Gasteiger charge is 2.43. The van der Waals surface area contributed by atoms with Gasteiger partial charge in [0.05, 0.1) is 90.6 Å². The number of piperazine rings is 3. The number of amides is 4. The maximum atomic E-state index is 13.9. The quantitative estimate of drug-likeness (QED) is 0.0470. The molecule has 31 heteroatoms. The fourth-order valence-corrected chi connectivity index (χ4v) is 20.2. The summed E-state index contributed by atoms with van der Waals surface area (Å²) in [6.45, 7) is 33.8. The molecular formula is C96H109N23O8. The van der Waals surface area contributed by atoms with Crippen LogP contribution in [0, 0.1) is 36.2 Å². The largest absolute Gasteiger partial charge is 0.508 e. The number of likely N-dealkylation sites (N-methyl/N-ethyl adjacent to an activating group) is 3. The Morgan fingerprint density at radius 1 is 0.535 bits per heavy atom. The van der Waals surface area contributed by atoms with Crippen LogP contribution in [0.2, 0.25) is 0 Å². The van der Waals surface area contributed by atoms with Gasteiger partial charge in [-0.05, 0) is 155 Å². The van der Waals surface area contributed by atoms with Crippen molar-refractivity contribution in [1.82, 2.24) is 84.2 Å². The zero-order valence-electron chi connectivity index (χ0n) is 72.8. The number of nitriles is 2. The maximum absolute atomic E-state index is 13.9. The molecule has 1 aliphatic carbocycles. The number of fused-ring (bicyclic) bond motifs is 8. The van der Waals surface area contributed by atoms with Crippen molar-refractivity contribution >= 4 is 62.8 Å². The first-order valence-electron chi connectivity index (χ1n) is 44.2. The van der Waals surface area contributed by atoms with Crippen molar-refractivity contribution in [3.05, 3.63) is 214 Å². The minimum Gasteiger partial charge on any atom is -0.508 e. The van der Waals surface area contributed by atoms with Crippen molar-refractivity contribution in [2.75, 3.05) is 141 Å². The highest BCUT2D eigenvalue weighted by Crippen LogP contribution is 2.50. The van der Waals surface area contributed by atoms with E-state index >= 15 is 0 Å². The van der Waals surface area contributed by atoms with Crippen LogP contribution in [0.4, 0.5) is 17.5 Å². The first-order chi connectivity index (χ1) is 61.9. The summed E-state index contributed by atoms with van der Waals surface area (Å²) < 4.78 is 18.7. The predicted octanol–water partition coefficient (Wildman–Crippen LogP) is 10.0. The number of H-pyrrole nitrogens is 1. The van der Waals surface area contributed by atoms with Crippen molar-refractivity contribution in [2.45, 2.75) is 146 Å². The van der Waals surface area contributed by atoms with Gasteiger partial charge in [0.25, 0.3) is 5.91 Å². The Balaban J connectivity index is 0.000000134. The normalized spacial score (nSPS) is 21.1. The number of nitrogens with zero attached hydrogens (tertiary/aromatic N) is 22. The number of aromatic nitrogens is 8. The molecule has 13 heterocycles. The van der Waals surface area contributed by atoms with E-state index in [1.54, 1.807) is 31.9 Å². The van der Waals surface area contributed by atoms with Gasteiger partial charge < -0.3 is 73.2 Å². The number of phenolic OH excluding ortho intramolecular Hbond substituents is 1. The monoisotopic (exact) mass is 1710 g/mol. The molecule has 0 saturated carbocycles. The topological polar surface area (TPSA) is 313 Å². The average molecular weight is 1710 g/mol. The molecule has 656 valence electrons. The Labute approximate surface area is 740 Å². The molecule has 6 fully saturated rings. The van der Waals surface area contributed by atoms with Gasteiger partial charge in [-0.25, -0.2) is 6.57 Å². The molecule has 4 aromatic heterocycles. The lowest BCUT2D eigenvalue weighted by Gasteiger charge is -2.41. The standard InChI is InChI=1S/C34H37N7O2.C32H37N7O3.C30H35N9O3/c1-3-31(42)41-18-17-39(19-23(41)14-15-35)33-29-20-40(21-30(29)36-34(37-33)43-22-24-9-8-16-38(24)2)32-27-12-6-4-10-25(27)26-11-5-7-13-28(26)32;1-4-30(41)39-15-14-38(17-24(39)16-33-2)31-27-19-37(18-26-25-10-6-5-8-22(25)11-12-29(26)40)20-28(27)34-32(35-31)42-21-23-9-7-13-36(23)3;1-4-26(40)39-13-12-37(15-20(39)9-10-31)28-23-16-38(29(41)27-19(2)7-8-24-22(27)14-32-35-24)17-25(23)33-30(34-28)42-18-21-6-5-11-36(21)3/h3-7,10-13,23-24,32H,1,8-9,14,16-22H2,2H3;4-6,8,10-12,23-24,40H,1,7,9,13-21H2,3H3;4,7-8,14,20-21H,1,5-6,9,11-13,15-18H2,2-3H3,(H,32,35)/t2*23-,24-;20-,21-/m000/s1. The summed E-state index contributed by atoms with van der Waals surface area (Å²) in [5.74, 6) is 2.07. The number of nitrogens with one attached hydrogen (secondary N) is 1. The maximum Gasteiger partial charge on any atom is 0.318 e. The van der Waals surface area contributed by atoms with E-state index in [0.717, 1.165) is 130 Å². The van der Waals surface area contributed by atoms with Crippen molar-refractivity contribution in [3.8, 4) is 47.0 Å². The smallest absolute Gasteiger partial charge is 0.318 e. The number of hydrogen-bond acceptors (Lipinski definition) is 25. The third-order valence-corrected chi connectivity index (χ3v) is 27.1. The highest BCUT2D eigenvalue weighted by molar-refractivity contribution is 6.07. The van der Waals surface area contributed by atoms with Crippen LogP contribution >= 0.6 is 0 Å². The fourth-order valence-electron chi connectivity index (χ4n) is 20.2. The molecule has 31 nitrogen and oxygen atoms in total. The van der Waals surface area contributed by atoms with Crippen LogP contribution in [0.25, 0.3) is 37.6 Å². The number of phenols is 1. The number of likely N-dealkylation sites (tertiary alicyclic amines) is 3. The Morgan fingerprint density at radius 3 is 1.51 bits per heavy atom. The number of carbonyl (C=O) groups excluding carboxylic acids is 4. The molecule has 5 aromatic carbocycles. The number of anilines is 3. The molecule has 0 unspecified atom stereocenters. The van der Waals surface area contributed by atoms with Crippen LogP contribution in [-0.4, -0.2) is 275 Å². The average Bonchev–Trinajstić information content (AvgIpc) is 1.58. The van der Waals surface area contributed by atoms with Crippen LogP contribution in [0.1, 0.15) is 124 Å². The second kappa shape index (κ2) is 38.1.